The van der Waals surface area contributed by atoms with Crippen LogP contribution in [0.25, 0.3) is 0 Å². The van der Waals surface area contributed by atoms with Crippen molar-refractivity contribution >= 4 is 11.6 Å². The molecule has 1 fully saturated rings. The number of ether oxygens (including phenoxy) is 2. The lowest BCUT2D eigenvalue weighted by Gasteiger charge is -2.28. The van der Waals surface area contributed by atoms with Gasteiger partial charge >= 0.3 is 0 Å². The lowest BCUT2D eigenvalue weighted by Crippen LogP contribution is -2.44. The predicted molar refractivity (Wildman–Crippen MR) is 93.1 cm³/mol. The second-order valence-electron chi connectivity index (χ2n) is 6.87. The van der Waals surface area contributed by atoms with Crippen molar-refractivity contribution in [1.82, 2.24) is 0 Å². The Morgan fingerprint density at radius 2 is 1.87 bits per heavy atom. The van der Waals surface area contributed by atoms with Crippen molar-refractivity contribution < 1.29 is 14.3 Å². The van der Waals surface area contributed by atoms with Gasteiger partial charge in [0, 0.05) is 12.3 Å². The molecule has 1 amide bonds. The molecule has 0 spiro atoms. The summed E-state index contributed by atoms with van der Waals surface area (Å²) in [5.41, 5.74) is 2.12. The van der Waals surface area contributed by atoms with E-state index < -0.39 is 5.60 Å². The van der Waals surface area contributed by atoms with Crippen molar-refractivity contribution in [2.75, 3.05) is 11.9 Å². The third kappa shape index (κ3) is 4.05. The molecule has 1 aromatic rings. The minimum atomic E-state index is -0.732. The van der Waals surface area contributed by atoms with Gasteiger partial charge in [-0.2, -0.15) is 0 Å². The highest BCUT2D eigenvalue weighted by molar-refractivity contribution is 5.97. The van der Waals surface area contributed by atoms with Crippen molar-refractivity contribution in [3.8, 4) is 5.75 Å². The fourth-order valence-corrected chi connectivity index (χ4v) is 3.00. The van der Waals surface area contributed by atoms with E-state index in [2.05, 4.69) is 5.32 Å². The van der Waals surface area contributed by atoms with Gasteiger partial charge in [-0.05, 0) is 83.6 Å². The van der Waals surface area contributed by atoms with Crippen LogP contribution in [0.15, 0.2) is 12.1 Å². The lowest BCUT2D eigenvalue weighted by molar-refractivity contribution is -0.141. The quantitative estimate of drug-likeness (QED) is 0.818. The van der Waals surface area contributed by atoms with Gasteiger partial charge in [0.15, 0.2) is 0 Å². The Kier molecular flexibility index (Phi) is 5.35. The number of nitrogens with one attached hydrogen (secondary N) is 1. The standard InChI is InChI=1S/C19H29NO3/c1-7-22-19(6,15-8-9-15)18(21)20-16-10-13(4)17(14(5)11-16)23-12(2)3/h10-12,15H,7-9H2,1-6H3,(H,20,21). The Labute approximate surface area is 139 Å². The molecule has 1 aliphatic carbocycles. The van der Waals surface area contributed by atoms with E-state index in [1.54, 1.807) is 0 Å². The third-order valence-corrected chi connectivity index (χ3v) is 4.32. The summed E-state index contributed by atoms with van der Waals surface area (Å²) in [5, 5.41) is 3.03. The van der Waals surface area contributed by atoms with E-state index in [0.717, 1.165) is 35.4 Å². The summed E-state index contributed by atoms with van der Waals surface area (Å²) in [4.78, 5) is 12.7. The van der Waals surface area contributed by atoms with E-state index in [-0.39, 0.29) is 12.0 Å². The molecular weight excluding hydrogens is 290 g/mol. The van der Waals surface area contributed by atoms with Gasteiger partial charge in [0.05, 0.1) is 6.10 Å². The van der Waals surface area contributed by atoms with E-state index in [1.165, 1.54) is 0 Å². The molecule has 0 aromatic heterocycles. The van der Waals surface area contributed by atoms with Crippen LogP contribution in [-0.2, 0) is 9.53 Å². The van der Waals surface area contributed by atoms with Gasteiger partial charge in [-0.15, -0.1) is 0 Å². The van der Waals surface area contributed by atoms with E-state index >= 15 is 0 Å². The predicted octanol–water partition coefficient (Wildman–Crippen LogP) is 4.23. The molecule has 1 saturated carbocycles. The maximum Gasteiger partial charge on any atom is 0.256 e. The molecule has 0 saturated heterocycles. The van der Waals surface area contributed by atoms with Crippen LogP contribution in [0.2, 0.25) is 0 Å². The van der Waals surface area contributed by atoms with Gasteiger partial charge in [0.2, 0.25) is 0 Å². The Morgan fingerprint density at radius 3 is 2.30 bits per heavy atom. The van der Waals surface area contributed by atoms with Gasteiger partial charge in [0.25, 0.3) is 5.91 Å². The van der Waals surface area contributed by atoms with Gasteiger partial charge in [0.1, 0.15) is 11.4 Å². The molecule has 0 heterocycles. The minimum Gasteiger partial charge on any atom is -0.490 e. The first-order chi connectivity index (χ1) is 10.8. The SMILES string of the molecule is CCOC(C)(C(=O)Nc1cc(C)c(OC(C)C)c(C)c1)C1CC1. The van der Waals surface area contributed by atoms with Gasteiger partial charge in [-0.3, -0.25) is 4.79 Å². The van der Waals surface area contributed by atoms with Gasteiger partial charge < -0.3 is 14.8 Å². The first-order valence-electron chi connectivity index (χ1n) is 8.51. The topological polar surface area (TPSA) is 47.6 Å². The van der Waals surface area contributed by atoms with Crippen molar-refractivity contribution in [1.29, 1.82) is 0 Å². The maximum absolute atomic E-state index is 12.7. The molecule has 0 radical (unpaired) electrons. The number of hydrogen-bond donors (Lipinski definition) is 1. The molecule has 4 nitrogen and oxygen atoms in total. The smallest absolute Gasteiger partial charge is 0.256 e. The largest absolute Gasteiger partial charge is 0.490 e. The average Bonchev–Trinajstić information content (AvgIpc) is 3.27. The molecule has 1 atom stereocenters. The highest BCUT2D eigenvalue weighted by Crippen LogP contribution is 2.42. The second kappa shape index (κ2) is 6.91. The molecular formula is C19H29NO3. The normalized spacial score (nSPS) is 17.0. The summed E-state index contributed by atoms with van der Waals surface area (Å²) in [7, 11) is 0. The maximum atomic E-state index is 12.7. The highest BCUT2D eigenvalue weighted by Gasteiger charge is 2.48. The zero-order valence-corrected chi connectivity index (χ0v) is 15.2. The number of amides is 1. The molecule has 0 aliphatic heterocycles. The minimum absolute atomic E-state index is 0.0572. The van der Waals surface area contributed by atoms with Gasteiger partial charge in [-0.1, -0.05) is 0 Å². The van der Waals surface area contributed by atoms with Crippen molar-refractivity contribution in [3.05, 3.63) is 23.3 Å². The van der Waals surface area contributed by atoms with Crippen molar-refractivity contribution in [3.63, 3.8) is 0 Å². The monoisotopic (exact) mass is 319 g/mol. The molecule has 4 heteroatoms. The van der Waals surface area contributed by atoms with Crippen LogP contribution < -0.4 is 10.1 Å². The first-order valence-corrected chi connectivity index (χ1v) is 8.51. The molecule has 1 N–H and O–H groups in total. The Balaban J connectivity index is 2.18. The molecule has 1 aromatic carbocycles. The van der Waals surface area contributed by atoms with Crippen LogP contribution in [0.5, 0.6) is 5.75 Å². The molecule has 0 bridgehead atoms. The Hall–Kier alpha value is -1.55. The third-order valence-electron chi connectivity index (χ3n) is 4.32. The van der Waals surface area contributed by atoms with E-state index in [4.69, 9.17) is 9.47 Å². The van der Waals surface area contributed by atoms with E-state index in [1.807, 2.05) is 53.7 Å². The molecule has 2 rings (SSSR count). The fraction of sp³-hybridized carbons (Fsp3) is 0.632. The number of benzene rings is 1. The van der Waals surface area contributed by atoms with E-state index in [0.29, 0.717) is 12.5 Å². The number of carbonyl (C=O) groups excluding carboxylic acids is 1. The number of aryl methyl sites for hydroxylation is 2. The zero-order valence-electron chi connectivity index (χ0n) is 15.2. The summed E-state index contributed by atoms with van der Waals surface area (Å²) >= 11 is 0. The van der Waals surface area contributed by atoms with Crippen LogP contribution in [0.4, 0.5) is 5.69 Å². The van der Waals surface area contributed by atoms with Crippen LogP contribution >= 0.6 is 0 Å². The summed E-state index contributed by atoms with van der Waals surface area (Å²) in [6.45, 7) is 12.4. The molecule has 23 heavy (non-hydrogen) atoms. The number of rotatable bonds is 7. The van der Waals surface area contributed by atoms with Crippen LogP contribution in [0.1, 0.15) is 51.7 Å². The molecule has 128 valence electrons. The van der Waals surface area contributed by atoms with Crippen molar-refractivity contribution in [2.45, 2.75) is 66.1 Å². The zero-order chi connectivity index (χ0) is 17.2. The summed E-state index contributed by atoms with van der Waals surface area (Å²) in [6.07, 6.45) is 2.25. The lowest BCUT2D eigenvalue weighted by atomic mass is 9.98. The van der Waals surface area contributed by atoms with Crippen molar-refractivity contribution in [2.24, 2.45) is 5.92 Å². The second-order valence-corrected chi connectivity index (χ2v) is 6.87. The summed E-state index contributed by atoms with van der Waals surface area (Å²) < 4.78 is 11.6. The van der Waals surface area contributed by atoms with Crippen LogP contribution in [0.3, 0.4) is 0 Å². The first kappa shape index (κ1) is 17.8. The summed E-state index contributed by atoms with van der Waals surface area (Å²) in [5.74, 6) is 1.17. The molecule has 1 aliphatic rings. The van der Waals surface area contributed by atoms with Crippen LogP contribution in [0, 0.1) is 19.8 Å². The van der Waals surface area contributed by atoms with Gasteiger partial charge in [-0.25, -0.2) is 0 Å². The Bertz CT molecular complexity index is 555. The fourth-order valence-electron chi connectivity index (χ4n) is 3.00. The molecule has 1 unspecified atom stereocenters. The number of carbonyl (C=O) groups is 1. The van der Waals surface area contributed by atoms with E-state index in [9.17, 15) is 4.79 Å². The average molecular weight is 319 g/mol. The highest BCUT2D eigenvalue weighted by atomic mass is 16.5. The number of anilines is 1. The number of hydrogen-bond acceptors (Lipinski definition) is 3. The summed E-state index contributed by atoms with van der Waals surface area (Å²) in [6, 6.07) is 3.92. The van der Waals surface area contributed by atoms with Crippen LogP contribution in [-0.4, -0.2) is 24.2 Å². The Morgan fingerprint density at radius 1 is 1.30 bits per heavy atom.